The van der Waals surface area contributed by atoms with Crippen LogP contribution in [0.25, 0.3) is 0 Å². The molecule has 1 aromatic rings. The molecule has 2 N–H and O–H groups in total. The number of nitrogens with one attached hydrogen (secondary N) is 2. The minimum atomic E-state index is -0.243. The number of hydrogen-bond acceptors (Lipinski definition) is 4. The van der Waals surface area contributed by atoms with Gasteiger partial charge in [-0.2, -0.15) is 0 Å². The lowest BCUT2D eigenvalue weighted by atomic mass is 9.81. The van der Waals surface area contributed by atoms with Gasteiger partial charge in [-0.3, -0.25) is 4.79 Å². The van der Waals surface area contributed by atoms with Crippen molar-refractivity contribution in [3.05, 3.63) is 9.98 Å². The summed E-state index contributed by atoms with van der Waals surface area (Å²) in [7, 11) is 0. The molecule has 0 spiro atoms. The van der Waals surface area contributed by atoms with E-state index in [4.69, 9.17) is 0 Å². The second-order valence-electron chi connectivity index (χ2n) is 4.38. The van der Waals surface area contributed by atoms with Gasteiger partial charge in [-0.05, 0) is 35.3 Å². The second-order valence-corrected chi connectivity index (χ2v) is 6.79. The Labute approximate surface area is 113 Å². The summed E-state index contributed by atoms with van der Waals surface area (Å²) in [5.41, 5.74) is -0.243. The highest BCUT2D eigenvalue weighted by Gasteiger charge is 2.40. The molecule has 0 aliphatic carbocycles. The number of halogens is 1. The molecule has 0 aromatic carbocycles. The molecule has 1 aromatic heterocycles. The number of carbonyl (C=O) groups is 1. The molecule has 6 heteroatoms. The lowest BCUT2D eigenvalue weighted by Crippen LogP contribution is -2.38. The zero-order valence-corrected chi connectivity index (χ0v) is 12.2. The lowest BCUT2D eigenvalue weighted by molar-refractivity contribution is -0.125. The van der Waals surface area contributed by atoms with Crippen LogP contribution in [0.1, 0.15) is 26.2 Å². The van der Waals surface area contributed by atoms with Crippen molar-refractivity contribution in [1.29, 1.82) is 0 Å². The molecule has 1 unspecified atom stereocenters. The van der Waals surface area contributed by atoms with Crippen LogP contribution >= 0.6 is 27.3 Å². The zero-order valence-electron chi connectivity index (χ0n) is 9.75. The van der Waals surface area contributed by atoms with E-state index in [-0.39, 0.29) is 11.3 Å². The minimum absolute atomic E-state index is 0.103. The fourth-order valence-corrected chi connectivity index (χ4v) is 3.39. The summed E-state index contributed by atoms with van der Waals surface area (Å²) in [4.78, 5) is 16.5. The first kappa shape index (κ1) is 13.0. The summed E-state index contributed by atoms with van der Waals surface area (Å²) in [5, 5.41) is 6.88. The van der Waals surface area contributed by atoms with Crippen LogP contribution in [0, 0.1) is 5.41 Å². The Kier molecular flexibility index (Phi) is 4.17. The molecule has 0 bridgehead atoms. The van der Waals surface area contributed by atoms with E-state index in [1.807, 2.05) is 0 Å². The van der Waals surface area contributed by atoms with Gasteiger partial charge in [0, 0.05) is 6.54 Å². The third-order valence-corrected chi connectivity index (χ3v) is 4.54. The van der Waals surface area contributed by atoms with Gasteiger partial charge in [0.05, 0.1) is 15.4 Å². The van der Waals surface area contributed by atoms with E-state index in [1.165, 1.54) is 11.3 Å². The summed E-state index contributed by atoms with van der Waals surface area (Å²) in [6.45, 7) is 3.82. The first-order valence-electron chi connectivity index (χ1n) is 5.80. The molecule has 94 valence electrons. The van der Waals surface area contributed by atoms with Crippen LogP contribution in [-0.4, -0.2) is 24.0 Å². The van der Waals surface area contributed by atoms with Gasteiger partial charge >= 0.3 is 0 Å². The number of nitrogens with zero attached hydrogens (tertiary/aromatic N) is 1. The van der Waals surface area contributed by atoms with Crippen molar-refractivity contribution in [3.63, 3.8) is 0 Å². The molecule has 0 radical (unpaired) electrons. The molecule has 17 heavy (non-hydrogen) atoms. The smallest absolute Gasteiger partial charge is 0.233 e. The number of rotatable bonds is 4. The van der Waals surface area contributed by atoms with E-state index in [9.17, 15) is 4.79 Å². The maximum Gasteiger partial charge on any atom is 0.233 e. The van der Waals surface area contributed by atoms with Crippen LogP contribution < -0.4 is 10.6 Å². The van der Waals surface area contributed by atoms with Gasteiger partial charge in [-0.15, -0.1) is 0 Å². The molecule has 1 aliphatic heterocycles. The highest BCUT2D eigenvalue weighted by Crippen LogP contribution is 2.33. The van der Waals surface area contributed by atoms with E-state index < -0.39 is 0 Å². The molecule has 4 nitrogen and oxygen atoms in total. The third kappa shape index (κ3) is 2.86. The van der Waals surface area contributed by atoms with Crippen molar-refractivity contribution < 1.29 is 4.79 Å². The molecule has 2 rings (SSSR count). The normalized spacial score (nSPS) is 23.9. The van der Waals surface area contributed by atoms with Crippen LogP contribution in [-0.2, 0) is 4.79 Å². The number of carbonyl (C=O) groups excluding carboxylic acids is 1. The molecular weight excluding hydrogens is 302 g/mol. The SMILES string of the molecule is CCCC1(C(=O)Nc2ncc(Br)s2)CCNC1. The average molecular weight is 318 g/mol. The largest absolute Gasteiger partial charge is 0.316 e. The van der Waals surface area contributed by atoms with Crippen molar-refractivity contribution in [3.8, 4) is 0 Å². The molecule has 2 heterocycles. The van der Waals surface area contributed by atoms with E-state index in [0.29, 0.717) is 5.13 Å². The Hall–Kier alpha value is -0.460. The van der Waals surface area contributed by atoms with Crippen LogP contribution in [0.15, 0.2) is 9.98 Å². The Morgan fingerprint density at radius 3 is 3.12 bits per heavy atom. The molecule has 1 fully saturated rings. The maximum absolute atomic E-state index is 12.3. The molecular formula is C11H16BrN3OS. The number of anilines is 1. The van der Waals surface area contributed by atoms with Gasteiger partial charge in [0.15, 0.2) is 5.13 Å². The lowest BCUT2D eigenvalue weighted by Gasteiger charge is -2.25. The summed E-state index contributed by atoms with van der Waals surface area (Å²) < 4.78 is 0.932. The van der Waals surface area contributed by atoms with Crippen molar-refractivity contribution in [2.24, 2.45) is 5.41 Å². The van der Waals surface area contributed by atoms with Crippen molar-refractivity contribution in [2.45, 2.75) is 26.2 Å². The van der Waals surface area contributed by atoms with Crippen LogP contribution in [0.3, 0.4) is 0 Å². The number of thiazole rings is 1. The third-order valence-electron chi connectivity index (χ3n) is 3.15. The van der Waals surface area contributed by atoms with Crippen LogP contribution in [0.4, 0.5) is 5.13 Å². The average Bonchev–Trinajstić information content (AvgIpc) is 2.89. The quantitative estimate of drug-likeness (QED) is 0.897. The van der Waals surface area contributed by atoms with Crippen LogP contribution in [0.2, 0.25) is 0 Å². The number of aromatic nitrogens is 1. The van der Waals surface area contributed by atoms with E-state index >= 15 is 0 Å². The standard InChI is InChI=1S/C11H16BrN3OS/c1-2-3-11(4-5-13-7-11)9(16)15-10-14-6-8(12)17-10/h6,13H,2-5,7H2,1H3,(H,14,15,16). The minimum Gasteiger partial charge on any atom is -0.316 e. The fraction of sp³-hybridized carbons (Fsp3) is 0.636. The molecule has 1 saturated heterocycles. The Morgan fingerprint density at radius 1 is 1.76 bits per heavy atom. The summed E-state index contributed by atoms with van der Waals surface area (Å²) in [5.74, 6) is 0.103. The van der Waals surface area contributed by atoms with Crippen LogP contribution in [0.5, 0.6) is 0 Å². The Bertz CT molecular complexity index is 401. The van der Waals surface area contributed by atoms with Gasteiger partial charge in [0.25, 0.3) is 0 Å². The predicted molar refractivity (Wildman–Crippen MR) is 73.3 cm³/mol. The van der Waals surface area contributed by atoms with Crippen molar-refractivity contribution in [1.82, 2.24) is 10.3 Å². The van der Waals surface area contributed by atoms with E-state index in [2.05, 4.69) is 38.5 Å². The van der Waals surface area contributed by atoms with Crippen molar-refractivity contribution in [2.75, 3.05) is 18.4 Å². The Morgan fingerprint density at radius 2 is 2.59 bits per heavy atom. The van der Waals surface area contributed by atoms with E-state index in [1.54, 1.807) is 6.20 Å². The number of amides is 1. The predicted octanol–water partition coefficient (Wildman–Crippen LogP) is 2.62. The first-order chi connectivity index (χ1) is 8.16. The fourth-order valence-electron chi connectivity index (χ4n) is 2.28. The summed E-state index contributed by atoms with van der Waals surface area (Å²) in [6.07, 6.45) is 4.58. The first-order valence-corrected chi connectivity index (χ1v) is 7.41. The van der Waals surface area contributed by atoms with Gasteiger partial charge in [-0.25, -0.2) is 4.98 Å². The molecule has 1 atom stereocenters. The van der Waals surface area contributed by atoms with Crippen molar-refractivity contribution >= 4 is 38.3 Å². The van der Waals surface area contributed by atoms with Gasteiger partial charge in [0.1, 0.15) is 0 Å². The summed E-state index contributed by atoms with van der Waals surface area (Å²) >= 11 is 4.79. The summed E-state index contributed by atoms with van der Waals surface area (Å²) in [6, 6.07) is 0. The zero-order chi connectivity index (χ0) is 12.3. The highest BCUT2D eigenvalue weighted by atomic mass is 79.9. The maximum atomic E-state index is 12.3. The van der Waals surface area contributed by atoms with Gasteiger partial charge in [-0.1, -0.05) is 24.7 Å². The molecule has 1 aliphatic rings. The monoisotopic (exact) mass is 317 g/mol. The topological polar surface area (TPSA) is 54.0 Å². The second kappa shape index (κ2) is 5.46. The van der Waals surface area contributed by atoms with Gasteiger partial charge < -0.3 is 10.6 Å². The van der Waals surface area contributed by atoms with Gasteiger partial charge in [0.2, 0.25) is 5.91 Å². The molecule has 0 saturated carbocycles. The molecule has 1 amide bonds. The van der Waals surface area contributed by atoms with E-state index in [0.717, 1.165) is 36.1 Å². The number of hydrogen-bond donors (Lipinski definition) is 2. The Balaban J connectivity index is 2.06. The highest BCUT2D eigenvalue weighted by molar-refractivity contribution is 9.11.